The third-order valence-electron chi connectivity index (χ3n) is 3.17. The van der Waals surface area contributed by atoms with E-state index < -0.39 is 0 Å². The maximum Gasteiger partial charge on any atom is 0.146 e. The summed E-state index contributed by atoms with van der Waals surface area (Å²) in [5.74, 6) is 0.543. The van der Waals surface area contributed by atoms with Crippen molar-refractivity contribution < 1.29 is 14.9 Å². The number of aromatic nitrogens is 1. The van der Waals surface area contributed by atoms with Gasteiger partial charge in [-0.25, -0.2) is 0 Å². The van der Waals surface area contributed by atoms with Crippen molar-refractivity contribution in [2.75, 3.05) is 6.61 Å². The zero-order valence-corrected chi connectivity index (χ0v) is 12.0. The highest BCUT2D eigenvalue weighted by Crippen LogP contribution is 2.25. The van der Waals surface area contributed by atoms with Crippen molar-refractivity contribution in [1.82, 2.24) is 4.98 Å². The molecule has 0 amide bonds. The highest BCUT2D eigenvalue weighted by Gasteiger charge is 2.12. The Balaban J connectivity index is 2.08. The van der Waals surface area contributed by atoms with Gasteiger partial charge in [-0.15, -0.1) is 0 Å². The predicted molar refractivity (Wildman–Crippen MR) is 81.8 cm³/mol. The number of hydrogen-bond donors (Lipinski definition) is 2. The van der Waals surface area contributed by atoms with E-state index in [1.807, 2.05) is 49.4 Å². The van der Waals surface area contributed by atoms with Gasteiger partial charge >= 0.3 is 0 Å². The molecule has 1 aromatic heterocycles. The fourth-order valence-electron chi connectivity index (χ4n) is 2.06. The Labute approximate surface area is 124 Å². The lowest BCUT2D eigenvalue weighted by molar-refractivity contribution is 0.250. The van der Waals surface area contributed by atoms with Crippen LogP contribution >= 0.6 is 0 Å². The molecule has 0 aliphatic heterocycles. The first-order chi connectivity index (χ1) is 10.3. The molecule has 0 fully saturated rings. The van der Waals surface area contributed by atoms with Crippen LogP contribution in [-0.4, -0.2) is 21.8 Å². The van der Waals surface area contributed by atoms with Gasteiger partial charge in [0.25, 0.3) is 0 Å². The molecular formula is C17H19NO3. The molecule has 0 saturated heterocycles. The second kappa shape index (κ2) is 7.57. The average Bonchev–Trinajstić information content (AvgIpc) is 2.53. The number of ether oxygens (including phenoxy) is 1. The summed E-state index contributed by atoms with van der Waals surface area (Å²) in [6.07, 6.45) is 5.44. The number of hydrogen-bond acceptors (Lipinski definition) is 4. The van der Waals surface area contributed by atoms with Crippen molar-refractivity contribution in [3.8, 4) is 5.75 Å². The summed E-state index contributed by atoms with van der Waals surface area (Å²) >= 11 is 0. The Bertz CT molecular complexity index is 609. The van der Waals surface area contributed by atoms with Gasteiger partial charge in [0.1, 0.15) is 12.4 Å². The number of aliphatic hydroxyl groups excluding tert-OH is 2. The third kappa shape index (κ3) is 3.90. The van der Waals surface area contributed by atoms with E-state index in [0.29, 0.717) is 29.2 Å². The van der Waals surface area contributed by atoms with E-state index in [1.54, 1.807) is 6.20 Å². The van der Waals surface area contributed by atoms with Gasteiger partial charge in [-0.2, -0.15) is 0 Å². The number of rotatable bonds is 6. The Hall–Kier alpha value is -2.17. The summed E-state index contributed by atoms with van der Waals surface area (Å²) in [4.78, 5) is 4.18. The standard InChI is InChI=1S/C17H19NO3/c1-13-17(16(12-20)15(11-19)10-18-13)21-9-5-8-14-6-3-2-4-7-14/h2-8,10,19-20H,9,11-12H2,1H3/b8-5-. The molecule has 1 aromatic carbocycles. The van der Waals surface area contributed by atoms with E-state index in [1.165, 1.54) is 0 Å². The molecule has 0 radical (unpaired) electrons. The predicted octanol–water partition coefficient (Wildman–Crippen LogP) is 2.47. The lowest BCUT2D eigenvalue weighted by Gasteiger charge is -2.13. The first-order valence-corrected chi connectivity index (χ1v) is 6.79. The summed E-state index contributed by atoms with van der Waals surface area (Å²) < 4.78 is 5.70. The molecule has 4 heteroatoms. The number of pyridine rings is 1. The quantitative estimate of drug-likeness (QED) is 0.856. The van der Waals surface area contributed by atoms with Gasteiger partial charge in [0.05, 0.1) is 18.9 Å². The zero-order chi connectivity index (χ0) is 15.1. The molecule has 21 heavy (non-hydrogen) atoms. The lowest BCUT2D eigenvalue weighted by Crippen LogP contribution is -2.05. The van der Waals surface area contributed by atoms with Crippen LogP contribution in [0.4, 0.5) is 0 Å². The maximum absolute atomic E-state index is 9.45. The van der Waals surface area contributed by atoms with Crippen LogP contribution in [0.15, 0.2) is 42.6 Å². The van der Waals surface area contributed by atoms with Crippen LogP contribution in [0.2, 0.25) is 0 Å². The molecule has 110 valence electrons. The molecule has 0 bridgehead atoms. The molecule has 2 rings (SSSR count). The maximum atomic E-state index is 9.45. The van der Waals surface area contributed by atoms with Crippen LogP contribution in [-0.2, 0) is 13.2 Å². The first-order valence-electron chi connectivity index (χ1n) is 6.79. The first kappa shape index (κ1) is 15.2. The summed E-state index contributed by atoms with van der Waals surface area (Å²) in [6, 6.07) is 9.94. The van der Waals surface area contributed by atoms with E-state index in [0.717, 1.165) is 5.56 Å². The average molecular weight is 285 g/mol. The fraction of sp³-hybridized carbons (Fsp3) is 0.235. The second-order valence-corrected chi connectivity index (χ2v) is 4.62. The van der Waals surface area contributed by atoms with Crippen LogP contribution in [0.1, 0.15) is 22.4 Å². The smallest absolute Gasteiger partial charge is 0.146 e. The Morgan fingerprint density at radius 2 is 1.90 bits per heavy atom. The minimum Gasteiger partial charge on any atom is -0.487 e. The van der Waals surface area contributed by atoms with Crippen LogP contribution in [0.25, 0.3) is 6.08 Å². The Morgan fingerprint density at radius 3 is 2.57 bits per heavy atom. The van der Waals surface area contributed by atoms with Gasteiger partial charge in [0.15, 0.2) is 0 Å². The number of aryl methyl sites for hydroxylation is 1. The zero-order valence-electron chi connectivity index (χ0n) is 12.0. The molecule has 0 spiro atoms. The van der Waals surface area contributed by atoms with Crippen molar-refractivity contribution in [2.24, 2.45) is 0 Å². The highest BCUT2D eigenvalue weighted by molar-refractivity contribution is 5.49. The minimum absolute atomic E-state index is 0.167. The van der Waals surface area contributed by atoms with Gasteiger partial charge in [-0.05, 0) is 18.6 Å². The molecular weight excluding hydrogens is 266 g/mol. The highest BCUT2D eigenvalue weighted by atomic mass is 16.5. The normalized spacial score (nSPS) is 11.0. The van der Waals surface area contributed by atoms with Crippen LogP contribution in [0.3, 0.4) is 0 Å². The molecule has 1 heterocycles. The van der Waals surface area contributed by atoms with Gasteiger partial charge in [0.2, 0.25) is 0 Å². The molecule has 0 saturated carbocycles. The lowest BCUT2D eigenvalue weighted by atomic mass is 10.1. The van der Waals surface area contributed by atoms with E-state index >= 15 is 0 Å². The van der Waals surface area contributed by atoms with Gasteiger partial charge in [-0.3, -0.25) is 4.98 Å². The molecule has 0 aliphatic rings. The molecule has 0 atom stereocenters. The summed E-state index contributed by atoms with van der Waals surface area (Å²) in [7, 11) is 0. The van der Waals surface area contributed by atoms with Crippen molar-refractivity contribution in [3.05, 3.63) is 65.0 Å². The topological polar surface area (TPSA) is 62.6 Å². The molecule has 4 nitrogen and oxygen atoms in total. The van der Waals surface area contributed by atoms with Crippen molar-refractivity contribution in [2.45, 2.75) is 20.1 Å². The van der Waals surface area contributed by atoms with Crippen molar-refractivity contribution in [1.29, 1.82) is 0 Å². The van der Waals surface area contributed by atoms with E-state index in [-0.39, 0.29) is 13.2 Å². The number of aliphatic hydroxyl groups is 2. The van der Waals surface area contributed by atoms with Gasteiger partial charge in [-0.1, -0.05) is 36.4 Å². The van der Waals surface area contributed by atoms with Gasteiger partial charge < -0.3 is 14.9 Å². The molecule has 2 N–H and O–H groups in total. The molecule has 0 unspecified atom stereocenters. The van der Waals surface area contributed by atoms with E-state index in [9.17, 15) is 10.2 Å². The fourth-order valence-corrected chi connectivity index (χ4v) is 2.06. The monoisotopic (exact) mass is 285 g/mol. The van der Waals surface area contributed by atoms with E-state index in [4.69, 9.17) is 4.74 Å². The van der Waals surface area contributed by atoms with Gasteiger partial charge in [0, 0.05) is 17.3 Å². The van der Waals surface area contributed by atoms with Crippen LogP contribution in [0.5, 0.6) is 5.75 Å². The minimum atomic E-state index is -0.184. The Kier molecular flexibility index (Phi) is 5.49. The molecule has 2 aromatic rings. The van der Waals surface area contributed by atoms with Crippen LogP contribution < -0.4 is 4.74 Å². The Morgan fingerprint density at radius 1 is 1.14 bits per heavy atom. The van der Waals surface area contributed by atoms with Crippen LogP contribution in [0, 0.1) is 6.92 Å². The molecule has 0 aliphatic carbocycles. The summed E-state index contributed by atoms with van der Waals surface area (Å²) in [5.41, 5.74) is 2.98. The second-order valence-electron chi connectivity index (χ2n) is 4.62. The number of nitrogens with zero attached hydrogens (tertiary/aromatic N) is 1. The SMILES string of the molecule is Cc1ncc(CO)c(CO)c1OC/C=C\c1ccccc1. The van der Waals surface area contributed by atoms with Crippen molar-refractivity contribution >= 4 is 6.08 Å². The number of benzene rings is 1. The van der Waals surface area contributed by atoms with Crippen molar-refractivity contribution in [3.63, 3.8) is 0 Å². The summed E-state index contributed by atoms with van der Waals surface area (Å²) in [6.45, 7) is 1.84. The van der Waals surface area contributed by atoms with E-state index in [2.05, 4.69) is 4.98 Å². The largest absolute Gasteiger partial charge is 0.487 e. The summed E-state index contributed by atoms with van der Waals surface area (Å²) in [5, 5.41) is 18.7. The third-order valence-corrected chi connectivity index (χ3v) is 3.17.